The number of rotatable bonds is 6. The Morgan fingerprint density at radius 2 is 1.95 bits per heavy atom. The van der Waals surface area contributed by atoms with E-state index in [1.807, 2.05) is 13.0 Å². The Labute approximate surface area is 120 Å². The first-order valence-electron chi connectivity index (χ1n) is 6.18. The van der Waals surface area contributed by atoms with Crippen LogP contribution in [0.3, 0.4) is 0 Å². The van der Waals surface area contributed by atoms with Crippen molar-refractivity contribution in [2.24, 2.45) is 0 Å². The van der Waals surface area contributed by atoms with Gasteiger partial charge in [0.2, 0.25) is 0 Å². The van der Waals surface area contributed by atoms with Gasteiger partial charge in [0.25, 0.3) is 0 Å². The molecule has 0 aromatic heterocycles. The van der Waals surface area contributed by atoms with E-state index in [1.54, 1.807) is 19.1 Å². The van der Waals surface area contributed by atoms with E-state index in [-0.39, 0.29) is 0 Å². The van der Waals surface area contributed by atoms with Crippen LogP contribution in [0.4, 0.5) is 18.9 Å². The molecule has 0 fully saturated rings. The minimum atomic E-state index is -4.19. The zero-order valence-corrected chi connectivity index (χ0v) is 12.6. The Morgan fingerprint density at radius 1 is 1.26 bits per heavy atom. The summed E-state index contributed by atoms with van der Waals surface area (Å²) in [5, 5.41) is 3.18. The van der Waals surface area contributed by atoms with Crippen LogP contribution in [0.25, 0.3) is 0 Å². The molecule has 1 aromatic carbocycles. The van der Waals surface area contributed by atoms with Gasteiger partial charge in [0.1, 0.15) is 6.54 Å². The number of halogens is 4. The molecule has 1 aromatic rings. The number of benzene rings is 1. The summed E-state index contributed by atoms with van der Waals surface area (Å²) in [6.07, 6.45) is -4.19. The summed E-state index contributed by atoms with van der Waals surface area (Å²) < 4.78 is 38.2. The number of nitrogens with zero attached hydrogens (tertiary/aromatic N) is 1. The fraction of sp³-hybridized carbons (Fsp3) is 0.538. The monoisotopic (exact) mass is 338 g/mol. The molecule has 0 bridgehead atoms. The highest BCUT2D eigenvalue weighted by Gasteiger charge is 2.30. The van der Waals surface area contributed by atoms with Crippen LogP contribution in [0.1, 0.15) is 19.4 Å². The number of hydrogen-bond donors (Lipinski definition) is 1. The second-order valence-electron chi connectivity index (χ2n) is 4.19. The second-order valence-corrected chi connectivity index (χ2v) is 5.04. The average molecular weight is 339 g/mol. The molecule has 0 spiro atoms. The molecule has 0 amide bonds. The van der Waals surface area contributed by atoms with Crippen LogP contribution in [0.5, 0.6) is 0 Å². The molecule has 0 heterocycles. The Bertz CT molecular complexity index is 407. The summed E-state index contributed by atoms with van der Waals surface area (Å²) >= 11 is 3.41. The van der Waals surface area contributed by atoms with Crippen LogP contribution in [-0.4, -0.2) is 25.8 Å². The topological polar surface area (TPSA) is 15.3 Å². The first-order chi connectivity index (χ1) is 8.87. The Hall–Kier alpha value is -0.750. The van der Waals surface area contributed by atoms with E-state index in [0.29, 0.717) is 18.8 Å². The Kier molecular flexibility index (Phi) is 6.13. The highest BCUT2D eigenvalue weighted by Crippen LogP contribution is 2.27. The minimum absolute atomic E-state index is 0.318. The van der Waals surface area contributed by atoms with Crippen LogP contribution in [0.15, 0.2) is 22.7 Å². The maximum absolute atomic E-state index is 12.5. The Balaban J connectivity index is 2.85. The molecule has 19 heavy (non-hydrogen) atoms. The number of anilines is 1. The SMILES string of the molecule is CCNCc1ccc(N(CC)CC(F)(F)F)cc1Br. The molecule has 108 valence electrons. The number of hydrogen-bond acceptors (Lipinski definition) is 2. The molecule has 0 saturated carbocycles. The van der Waals surface area contributed by atoms with Gasteiger partial charge < -0.3 is 10.2 Å². The van der Waals surface area contributed by atoms with Crippen molar-refractivity contribution in [3.05, 3.63) is 28.2 Å². The summed E-state index contributed by atoms with van der Waals surface area (Å²) in [6.45, 7) is 4.66. The van der Waals surface area contributed by atoms with Crippen LogP contribution < -0.4 is 10.2 Å². The summed E-state index contributed by atoms with van der Waals surface area (Å²) in [5.41, 5.74) is 1.61. The molecule has 6 heteroatoms. The second kappa shape index (κ2) is 7.14. The first-order valence-corrected chi connectivity index (χ1v) is 6.97. The Morgan fingerprint density at radius 3 is 2.42 bits per heavy atom. The van der Waals surface area contributed by atoms with Gasteiger partial charge in [0.15, 0.2) is 0 Å². The van der Waals surface area contributed by atoms with Crippen molar-refractivity contribution in [3.8, 4) is 0 Å². The van der Waals surface area contributed by atoms with E-state index in [4.69, 9.17) is 0 Å². The van der Waals surface area contributed by atoms with Crippen molar-refractivity contribution in [3.63, 3.8) is 0 Å². The molecule has 0 aliphatic carbocycles. The molecule has 0 saturated heterocycles. The van der Waals surface area contributed by atoms with E-state index < -0.39 is 12.7 Å². The van der Waals surface area contributed by atoms with Crippen LogP contribution >= 0.6 is 15.9 Å². The normalized spacial score (nSPS) is 11.7. The lowest BCUT2D eigenvalue weighted by atomic mass is 10.2. The third-order valence-electron chi connectivity index (χ3n) is 2.72. The van der Waals surface area contributed by atoms with Crippen molar-refractivity contribution in [2.45, 2.75) is 26.6 Å². The molecule has 0 aliphatic rings. The maximum atomic E-state index is 12.5. The van der Waals surface area contributed by atoms with Crippen molar-refractivity contribution in [2.75, 3.05) is 24.5 Å². The van der Waals surface area contributed by atoms with Gasteiger partial charge in [-0.25, -0.2) is 0 Å². The van der Waals surface area contributed by atoms with Crippen LogP contribution in [0.2, 0.25) is 0 Å². The molecular weight excluding hydrogens is 321 g/mol. The van der Waals surface area contributed by atoms with Gasteiger partial charge in [-0.05, 0) is 31.2 Å². The lowest BCUT2D eigenvalue weighted by molar-refractivity contribution is -0.119. The minimum Gasteiger partial charge on any atom is -0.363 e. The van der Waals surface area contributed by atoms with Crippen molar-refractivity contribution in [1.29, 1.82) is 0 Å². The highest BCUT2D eigenvalue weighted by atomic mass is 79.9. The molecule has 2 nitrogen and oxygen atoms in total. The van der Waals surface area contributed by atoms with E-state index in [2.05, 4.69) is 21.2 Å². The molecule has 0 unspecified atom stereocenters. The third kappa shape index (κ3) is 5.40. The maximum Gasteiger partial charge on any atom is 0.405 e. The predicted molar refractivity (Wildman–Crippen MR) is 75.5 cm³/mol. The molecule has 0 aliphatic heterocycles. The van der Waals surface area contributed by atoms with Crippen LogP contribution in [0, 0.1) is 0 Å². The summed E-state index contributed by atoms with van der Waals surface area (Å²) in [5.74, 6) is 0. The molecule has 1 rings (SSSR count). The van der Waals surface area contributed by atoms with Crippen LogP contribution in [-0.2, 0) is 6.54 Å². The average Bonchev–Trinajstić information content (AvgIpc) is 2.33. The van der Waals surface area contributed by atoms with E-state index >= 15 is 0 Å². The lowest BCUT2D eigenvalue weighted by Crippen LogP contribution is -2.34. The number of alkyl halides is 3. The zero-order valence-electron chi connectivity index (χ0n) is 11.0. The molecule has 0 radical (unpaired) electrons. The summed E-state index contributed by atoms with van der Waals surface area (Å²) in [6, 6.07) is 5.32. The van der Waals surface area contributed by atoms with Crippen molar-refractivity contribution >= 4 is 21.6 Å². The fourth-order valence-corrected chi connectivity index (χ4v) is 2.24. The van der Waals surface area contributed by atoms with E-state index in [1.165, 1.54) is 4.90 Å². The highest BCUT2D eigenvalue weighted by molar-refractivity contribution is 9.10. The van der Waals surface area contributed by atoms with Crippen molar-refractivity contribution < 1.29 is 13.2 Å². The third-order valence-corrected chi connectivity index (χ3v) is 3.46. The summed E-state index contributed by atoms with van der Waals surface area (Å²) in [4.78, 5) is 1.31. The quantitative estimate of drug-likeness (QED) is 0.844. The van der Waals surface area contributed by atoms with Gasteiger partial charge in [-0.15, -0.1) is 0 Å². The van der Waals surface area contributed by atoms with Gasteiger partial charge in [-0.1, -0.05) is 28.9 Å². The standard InChI is InChI=1S/C13H18BrF3N2/c1-3-18-8-10-5-6-11(7-12(10)14)19(4-2)9-13(15,16)17/h5-7,18H,3-4,8-9H2,1-2H3. The van der Waals surface area contributed by atoms with Gasteiger partial charge >= 0.3 is 6.18 Å². The first kappa shape index (κ1) is 16.3. The van der Waals surface area contributed by atoms with E-state index in [9.17, 15) is 13.2 Å². The van der Waals surface area contributed by atoms with Gasteiger partial charge in [-0.3, -0.25) is 0 Å². The molecule has 1 N–H and O–H groups in total. The number of nitrogens with one attached hydrogen (secondary N) is 1. The largest absolute Gasteiger partial charge is 0.405 e. The van der Waals surface area contributed by atoms with Gasteiger partial charge in [-0.2, -0.15) is 13.2 Å². The smallest absolute Gasteiger partial charge is 0.363 e. The predicted octanol–water partition coefficient (Wildman–Crippen LogP) is 3.95. The van der Waals surface area contributed by atoms with Gasteiger partial charge in [0, 0.05) is 23.2 Å². The lowest BCUT2D eigenvalue weighted by Gasteiger charge is -2.25. The molecule has 0 atom stereocenters. The zero-order chi connectivity index (χ0) is 14.5. The molecular formula is C13H18BrF3N2. The van der Waals surface area contributed by atoms with E-state index in [0.717, 1.165) is 16.6 Å². The summed E-state index contributed by atoms with van der Waals surface area (Å²) in [7, 11) is 0. The van der Waals surface area contributed by atoms with Crippen molar-refractivity contribution in [1.82, 2.24) is 5.32 Å². The van der Waals surface area contributed by atoms with Gasteiger partial charge in [0.05, 0.1) is 0 Å². The fourth-order valence-electron chi connectivity index (χ4n) is 1.74.